The summed E-state index contributed by atoms with van der Waals surface area (Å²) in [5.41, 5.74) is 1.35. The number of benzene rings is 2. The van der Waals surface area contributed by atoms with Crippen LogP contribution in [0.4, 0.5) is 11.4 Å². The van der Waals surface area contributed by atoms with E-state index in [1.165, 1.54) is 24.3 Å². The highest BCUT2D eigenvalue weighted by Gasteiger charge is 2.30. The predicted molar refractivity (Wildman–Crippen MR) is 127 cm³/mol. The van der Waals surface area contributed by atoms with E-state index in [9.17, 15) is 14.9 Å². The fourth-order valence-electron chi connectivity index (χ4n) is 3.87. The van der Waals surface area contributed by atoms with Gasteiger partial charge in [-0.3, -0.25) is 24.7 Å². The summed E-state index contributed by atoms with van der Waals surface area (Å²) in [4.78, 5) is 31.9. The van der Waals surface area contributed by atoms with Crippen LogP contribution in [0, 0.1) is 10.1 Å². The van der Waals surface area contributed by atoms with Crippen LogP contribution in [0.3, 0.4) is 0 Å². The maximum Gasteiger partial charge on any atom is 0.269 e. The van der Waals surface area contributed by atoms with Gasteiger partial charge in [-0.1, -0.05) is 16.8 Å². The Labute approximate surface area is 201 Å². The average Bonchev–Trinajstić information content (AvgIpc) is 3.34. The summed E-state index contributed by atoms with van der Waals surface area (Å²) in [7, 11) is 0. The van der Waals surface area contributed by atoms with Crippen LogP contribution in [0.15, 0.2) is 53.1 Å². The number of rotatable bonds is 7. The number of hydrogen-bond donors (Lipinski definition) is 1. The van der Waals surface area contributed by atoms with Crippen LogP contribution in [-0.4, -0.2) is 63.0 Å². The first-order valence-electron chi connectivity index (χ1n) is 10.9. The second-order valence-electron chi connectivity index (χ2n) is 8.18. The minimum atomic E-state index is -0.471. The van der Waals surface area contributed by atoms with Crippen molar-refractivity contribution in [3.05, 3.63) is 69.6 Å². The van der Waals surface area contributed by atoms with Crippen molar-refractivity contribution >= 4 is 28.9 Å². The molecule has 178 valence electrons. The molecule has 0 aliphatic carbocycles. The number of nitro benzene ring substituents is 1. The third-order valence-electron chi connectivity index (χ3n) is 6.07. The first-order valence-corrected chi connectivity index (χ1v) is 11.3. The average molecular weight is 485 g/mol. The molecule has 34 heavy (non-hydrogen) atoms. The van der Waals surface area contributed by atoms with Gasteiger partial charge in [-0.2, -0.15) is 4.98 Å². The minimum absolute atomic E-state index is 0.0159. The summed E-state index contributed by atoms with van der Waals surface area (Å²) in [6.45, 7) is 6.79. The molecule has 1 saturated heterocycles. The van der Waals surface area contributed by atoms with Crippen molar-refractivity contribution < 1.29 is 14.2 Å². The number of anilines is 1. The van der Waals surface area contributed by atoms with Crippen molar-refractivity contribution in [2.75, 3.05) is 31.5 Å². The van der Waals surface area contributed by atoms with Gasteiger partial charge in [-0.05, 0) is 50.2 Å². The molecule has 2 aromatic carbocycles. The minimum Gasteiger partial charge on any atom is -0.337 e. The van der Waals surface area contributed by atoms with Gasteiger partial charge in [0.2, 0.25) is 17.6 Å². The first kappa shape index (κ1) is 23.8. The Balaban J connectivity index is 1.30. The normalized spacial score (nSPS) is 16.7. The molecule has 2 atom stereocenters. The van der Waals surface area contributed by atoms with Gasteiger partial charge in [0, 0.05) is 54.6 Å². The van der Waals surface area contributed by atoms with Gasteiger partial charge in [0.15, 0.2) is 0 Å². The number of carbonyl (C=O) groups excluding carboxylic acids is 1. The second-order valence-corrected chi connectivity index (χ2v) is 8.62. The van der Waals surface area contributed by atoms with Gasteiger partial charge < -0.3 is 9.84 Å². The number of nitro groups is 1. The van der Waals surface area contributed by atoms with E-state index in [0.29, 0.717) is 35.5 Å². The van der Waals surface area contributed by atoms with Gasteiger partial charge in [0.25, 0.3) is 5.69 Å². The van der Waals surface area contributed by atoms with E-state index < -0.39 is 4.92 Å². The molecule has 0 bridgehead atoms. The van der Waals surface area contributed by atoms with Crippen LogP contribution in [0.5, 0.6) is 0 Å². The van der Waals surface area contributed by atoms with Crippen molar-refractivity contribution in [1.29, 1.82) is 0 Å². The van der Waals surface area contributed by atoms with E-state index in [2.05, 4.69) is 25.3 Å². The fraction of sp³-hybridized carbons (Fsp3) is 0.348. The first-order chi connectivity index (χ1) is 16.3. The molecule has 1 aromatic heterocycles. The summed E-state index contributed by atoms with van der Waals surface area (Å²) >= 11 is 5.94. The molecule has 11 heteroatoms. The summed E-state index contributed by atoms with van der Waals surface area (Å²) in [5, 5.41) is 18.4. The number of non-ortho nitro benzene ring substituents is 1. The number of piperazine rings is 1. The van der Waals surface area contributed by atoms with Gasteiger partial charge in [-0.25, -0.2) is 0 Å². The van der Waals surface area contributed by atoms with Gasteiger partial charge in [0.05, 0.1) is 17.0 Å². The number of nitrogens with zero attached hydrogens (tertiary/aromatic N) is 5. The van der Waals surface area contributed by atoms with Crippen molar-refractivity contribution in [3.8, 4) is 11.4 Å². The molecular weight excluding hydrogens is 460 g/mol. The quantitative estimate of drug-likeness (QED) is 0.395. The number of aromatic nitrogens is 2. The monoisotopic (exact) mass is 484 g/mol. The Hall–Kier alpha value is -3.34. The number of carbonyl (C=O) groups is 1. The van der Waals surface area contributed by atoms with Crippen LogP contribution >= 0.6 is 11.6 Å². The van der Waals surface area contributed by atoms with Gasteiger partial charge >= 0.3 is 0 Å². The van der Waals surface area contributed by atoms with Crippen molar-refractivity contribution in [1.82, 2.24) is 19.9 Å². The molecule has 1 fully saturated rings. The second kappa shape index (κ2) is 10.3. The molecule has 2 unspecified atom stereocenters. The Morgan fingerprint density at radius 3 is 2.29 bits per heavy atom. The van der Waals surface area contributed by atoms with E-state index in [4.69, 9.17) is 16.1 Å². The van der Waals surface area contributed by atoms with Crippen molar-refractivity contribution in [2.45, 2.75) is 25.9 Å². The lowest BCUT2D eigenvalue weighted by Crippen LogP contribution is -2.53. The number of halogens is 1. The maximum atomic E-state index is 12.7. The Bertz CT molecular complexity index is 1140. The summed E-state index contributed by atoms with van der Waals surface area (Å²) < 4.78 is 5.51. The smallest absolute Gasteiger partial charge is 0.269 e. The molecule has 4 rings (SSSR count). The van der Waals surface area contributed by atoms with Crippen LogP contribution in [0.1, 0.15) is 25.8 Å². The SMILES string of the molecule is CC(C(=O)Nc1ccc([N+](=O)[O-])cc1)N1CCN(C(C)c2nc(-c3ccc(Cl)cc3)no2)CC1. The third-order valence-corrected chi connectivity index (χ3v) is 6.32. The lowest BCUT2D eigenvalue weighted by atomic mass is 10.1. The number of hydrogen-bond acceptors (Lipinski definition) is 8. The third kappa shape index (κ3) is 5.41. The molecule has 3 aromatic rings. The summed E-state index contributed by atoms with van der Waals surface area (Å²) in [5.74, 6) is 0.913. The van der Waals surface area contributed by atoms with Gasteiger partial charge in [-0.15, -0.1) is 0 Å². The Morgan fingerprint density at radius 2 is 1.68 bits per heavy atom. The molecule has 10 nitrogen and oxygen atoms in total. The predicted octanol–water partition coefficient (Wildman–Crippen LogP) is 4.00. The molecule has 1 aliphatic rings. The standard InChI is InChI=1S/C23H25ClN6O4/c1-15(22(31)25-19-7-9-20(10-8-19)30(32)33)28-11-13-29(14-12-28)16(2)23-26-21(27-34-23)17-3-5-18(24)6-4-17/h3-10,15-16H,11-14H2,1-2H3,(H,25,31). The van der Waals surface area contributed by atoms with Crippen LogP contribution in [-0.2, 0) is 4.79 Å². The molecule has 1 amide bonds. The van der Waals surface area contributed by atoms with E-state index >= 15 is 0 Å². The Morgan fingerprint density at radius 1 is 1.06 bits per heavy atom. The van der Waals surface area contributed by atoms with Crippen LogP contribution in [0.2, 0.25) is 5.02 Å². The largest absolute Gasteiger partial charge is 0.337 e. The highest BCUT2D eigenvalue weighted by Crippen LogP contribution is 2.25. The van der Waals surface area contributed by atoms with E-state index in [0.717, 1.165) is 18.7 Å². The molecule has 0 saturated carbocycles. The van der Waals surface area contributed by atoms with Crippen molar-refractivity contribution in [2.24, 2.45) is 0 Å². The topological polar surface area (TPSA) is 118 Å². The molecule has 0 spiro atoms. The molecule has 1 N–H and O–H groups in total. The lowest BCUT2D eigenvalue weighted by molar-refractivity contribution is -0.384. The summed E-state index contributed by atoms with van der Waals surface area (Å²) in [6, 6.07) is 12.7. The van der Waals surface area contributed by atoms with Crippen LogP contribution < -0.4 is 5.32 Å². The molecule has 2 heterocycles. The zero-order valence-corrected chi connectivity index (χ0v) is 19.6. The van der Waals surface area contributed by atoms with Crippen molar-refractivity contribution in [3.63, 3.8) is 0 Å². The van der Waals surface area contributed by atoms with E-state index in [-0.39, 0.29) is 23.7 Å². The summed E-state index contributed by atoms with van der Waals surface area (Å²) in [6.07, 6.45) is 0. The Kier molecular flexibility index (Phi) is 7.20. The van der Waals surface area contributed by atoms with E-state index in [1.54, 1.807) is 12.1 Å². The molecular formula is C23H25ClN6O4. The maximum absolute atomic E-state index is 12.7. The fourth-order valence-corrected chi connectivity index (χ4v) is 3.99. The highest BCUT2D eigenvalue weighted by molar-refractivity contribution is 6.30. The number of nitrogens with one attached hydrogen (secondary N) is 1. The van der Waals surface area contributed by atoms with E-state index in [1.807, 2.05) is 26.0 Å². The zero-order chi connectivity index (χ0) is 24.2. The van der Waals surface area contributed by atoms with Crippen LogP contribution in [0.25, 0.3) is 11.4 Å². The molecule has 0 radical (unpaired) electrons. The molecule has 1 aliphatic heterocycles. The zero-order valence-electron chi connectivity index (χ0n) is 18.8. The lowest BCUT2D eigenvalue weighted by Gasteiger charge is -2.39. The highest BCUT2D eigenvalue weighted by atomic mass is 35.5. The van der Waals surface area contributed by atoms with Gasteiger partial charge in [0.1, 0.15) is 0 Å². The number of amides is 1.